The summed E-state index contributed by atoms with van der Waals surface area (Å²) in [5.74, 6) is -0.0529. The monoisotopic (exact) mass is 320 g/mol. The molecule has 0 spiro atoms. The Bertz CT molecular complexity index is 517. The number of aryl methyl sites for hydroxylation is 2. The largest absolute Gasteiger partial charge is 0.394 e. The topological polar surface area (TPSA) is 61.8 Å². The van der Waals surface area contributed by atoms with Gasteiger partial charge in [-0.05, 0) is 37.4 Å². The summed E-state index contributed by atoms with van der Waals surface area (Å²) in [5, 5.41) is 12.8. The molecule has 1 aliphatic rings. The molecule has 1 aromatic carbocycles. The number of rotatable bonds is 7. The first kappa shape index (κ1) is 17.9. The third kappa shape index (κ3) is 3.91. The average Bonchev–Trinajstić information content (AvgIpc) is 3.05. The summed E-state index contributed by atoms with van der Waals surface area (Å²) < 4.78 is 5.41. The van der Waals surface area contributed by atoms with Gasteiger partial charge in [0.25, 0.3) is 0 Å². The highest BCUT2D eigenvalue weighted by molar-refractivity contribution is 5.93. The number of aliphatic hydroxyl groups excluding tert-OH is 1. The van der Waals surface area contributed by atoms with Crippen molar-refractivity contribution >= 4 is 11.6 Å². The maximum Gasteiger partial charge on any atom is 0.238 e. The number of hydrogen-bond donors (Lipinski definition) is 2. The van der Waals surface area contributed by atoms with Gasteiger partial charge in [0.05, 0.1) is 25.3 Å². The Morgan fingerprint density at radius 2 is 2.00 bits per heavy atom. The van der Waals surface area contributed by atoms with Crippen LogP contribution in [0.5, 0.6) is 0 Å². The van der Waals surface area contributed by atoms with E-state index in [1.807, 2.05) is 18.0 Å². The molecule has 0 aromatic heterocycles. The number of anilines is 1. The van der Waals surface area contributed by atoms with E-state index >= 15 is 0 Å². The van der Waals surface area contributed by atoms with Gasteiger partial charge in [-0.15, -0.1) is 0 Å². The lowest BCUT2D eigenvalue weighted by atomic mass is 9.98. The van der Waals surface area contributed by atoms with Crippen molar-refractivity contribution < 1.29 is 14.6 Å². The van der Waals surface area contributed by atoms with Crippen LogP contribution in [0, 0.1) is 0 Å². The number of ether oxygens (including phenoxy) is 1. The number of para-hydroxylation sites is 1. The minimum atomic E-state index is -0.435. The van der Waals surface area contributed by atoms with Crippen LogP contribution in [0.25, 0.3) is 0 Å². The fourth-order valence-corrected chi connectivity index (χ4v) is 3.11. The molecule has 128 valence electrons. The predicted molar refractivity (Wildman–Crippen MR) is 91.7 cm³/mol. The number of likely N-dealkylation sites (N-methyl/N-ethyl adjacent to an activating group) is 1. The lowest BCUT2D eigenvalue weighted by Crippen LogP contribution is -2.52. The molecule has 5 heteroatoms. The van der Waals surface area contributed by atoms with E-state index in [1.165, 1.54) is 0 Å². The summed E-state index contributed by atoms with van der Waals surface area (Å²) in [5.41, 5.74) is 2.81. The lowest BCUT2D eigenvalue weighted by molar-refractivity contribution is -0.118. The van der Waals surface area contributed by atoms with Gasteiger partial charge in [-0.1, -0.05) is 32.0 Å². The third-order valence-corrected chi connectivity index (χ3v) is 4.83. The molecule has 1 amide bonds. The van der Waals surface area contributed by atoms with Crippen molar-refractivity contribution in [3.8, 4) is 0 Å². The fourth-order valence-electron chi connectivity index (χ4n) is 3.11. The van der Waals surface area contributed by atoms with E-state index in [2.05, 4.69) is 31.3 Å². The van der Waals surface area contributed by atoms with Gasteiger partial charge in [0.2, 0.25) is 5.91 Å². The number of aliphatic hydroxyl groups is 1. The summed E-state index contributed by atoms with van der Waals surface area (Å²) in [6.07, 6.45) is 2.51. The number of carbonyl (C=O) groups is 1. The van der Waals surface area contributed by atoms with Crippen molar-refractivity contribution in [2.24, 2.45) is 0 Å². The second-order valence-electron chi connectivity index (χ2n) is 6.25. The van der Waals surface area contributed by atoms with Gasteiger partial charge in [-0.3, -0.25) is 9.69 Å². The molecule has 0 bridgehead atoms. The summed E-state index contributed by atoms with van der Waals surface area (Å²) in [4.78, 5) is 14.4. The Balaban J connectivity index is 2.08. The Hall–Kier alpha value is -1.43. The molecule has 2 rings (SSSR count). The molecular formula is C18H28N2O3. The number of amides is 1. The highest BCUT2D eigenvalue weighted by Gasteiger charge is 2.39. The second kappa shape index (κ2) is 7.90. The van der Waals surface area contributed by atoms with Crippen molar-refractivity contribution in [1.82, 2.24) is 4.90 Å². The van der Waals surface area contributed by atoms with Gasteiger partial charge in [0, 0.05) is 12.3 Å². The minimum Gasteiger partial charge on any atom is -0.394 e. The van der Waals surface area contributed by atoms with Crippen LogP contribution in [-0.4, -0.2) is 54.9 Å². The second-order valence-corrected chi connectivity index (χ2v) is 6.25. The molecule has 23 heavy (non-hydrogen) atoms. The molecule has 1 atom stereocenters. The zero-order chi connectivity index (χ0) is 16.9. The minimum absolute atomic E-state index is 0.00252. The maximum absolute atomic E-state index is 12.5. The van der Waals surface area contributed by atoms with Crippen LogP contribution in [0.1, 0.15) is 31.4 Å². The number of hydrogen-bond acceptors (Lipinski definition) is 4. The maximum atomic E-state index is 12.5. The first-order valence-corrected chi connectivity index (χ1v) is 8.36. The molecule has 2 N–H and O–H groups in total. The SMILES string of the molecule is CCc1cccc(CC)c1NC(=O)CN(C)[C@@]1(CO)CCOC1. The Morgan fingerprint density at radius 3 is 2.48 bits per heavy atom. The first-order chi connectivity index (χ1) is 11.1. The Labute approximate surface area is 138 Å². The predicted octanol–water partition coefficient (Wildman–Crippen LogP) is 1.83. The third-order valence-electron chi connectivity index (χ3n) is 4.83. The van der Waals surface area contributed by atoms with Crippen LogP contribution < -0.4 is 5.32 Å². The summed E-state index contributed by atoms with van der Waals surface area (Å²) in [7, 11) is 1.87. The number of carbonyl (C=O) groups excluding carboxylic acids is 1. The Morgan fingerprint density at radius 1 is 1.35 bits per heavy atom. The number of nitrogens with zero attached hydrogens (tertiary/aromatic N) is 1. The molecule has 1 aromatic rings. The van der Waals surface area contributed by atoms with E-state index in [9.17, 15) is 9.90 Å². The molecule has 1 heterocycles. The van der Waals surface area contributed by atoms with Crippen LogP contribution >= 0.6 is 0 Å². The van der Waals surface area contributed by atoms with E-state index in [-0.39, 0.29) is 19.1 Å². The summed E-state index contributed by atoms with van der Waals surface area (Å²) >= 11 is 0. The van der Waals surface area contributed by atoms with Crippen LogP contribution in [0.15, 0.2) is 18.2 Å². The number of nitrogens with one attached hydrogen (secondary N) is 1. The summed E-state index contributed by atoms with van der Waals surface area (Å²) in [6, 6.07) is 6.15. The van der Waals surface area contributed by atoms with Crippen LogP contribution in [0.4, 0.5) is 5.69 Å². The molecule has 1 aliphatic heterocycles. The van der Waals surface area contributed by atoms with Gasteiger partial charge in [-0.2, -0.15) is 0 Å². The molecule has 0 unspecified atom stereocenters. The van der Waals surface area contributed by atoms with Crippen molar-refractivity contribution in [2.45, 2.75) is 38.6 Å². The Kier molecular flexibility index (Phi) is 6.16. The average molecular weight is 320 g/mol. The molecule has 0 saturated carbocycles. The van der Waals surface area contributed by atoms with Gasteiger partial charge in [0.15, 0.2) is 0 Å². The van der Waals surface area contributed by atoms with E-state index in [1.54, 1.807) is 0 Å². The quantitative estimate of drug-likeness (QED) is 0.805. The highest BCUT2D eigenvalue weighted by atomic mass is 16.5. The van der Waals surface area contributed by atoms with Crippen molar-refractivity contribution in [2.75, 3.05) is 38.7 Å². The lowest BCUT2D eigenvalue weighted by Gasteiger charge is -2.35. The van der Waals surface area contributed by atoms with E-state index in [4.69, 9.17) is 4.74 Å². The van der Waals surface area contributed by atoms with E-state index in [0.29, 0.717) is 13.2 Å². The smallest absolute Gasteiger partial charge is 0.238 e. The van der Waals surface area contributed by atoms with Crippen molar-refractivity contribution in [3.63, 3.8) is 0 Å². The van der Waals surface area contributed by atoms with Gasteiger partial charge in [-0.25, -0.2) is 0 Å². The molecular weight excluding hydrogens is 292 g/mol. The molecule has 1 saturated heterocycles. The van der Waals surface area contributed by atoms with Crippen molar-refractivity contribution in [3.05, 3.63) is 29.3 Å². The zero-order valence-corrected chi connectivity index (χ0v) is 14.4. The molecule has 0 aliphatic carbocycles. The molecule has 1 fully saturated rings. The van der Waals surface area contributed by atoms with Gasteiger partial charge in [0.1, 0.15) is 0 Å². The van der Waals surface area contributed by atoms with Gasteiger partial charge >= 0.3 is 0 Å². The zero-order valence-electron chi connectivity index (χ0n) is 14.4. The number of benzene rings is 1. The van der Waals surface area contributed by atoms with Crippen LogP contribution in [0.2, 0.25) is 0 Å². The highest BCUT2D eigenvalue weighted by Crippen LogP contribution is 2.25. The first-order valence-electron chi connectivity index (χ1n) is 8.36. The van der Waals surface area contributed by atoms with Crippen molar-refractivity contribution in [1.29, 1.82) is 0 Å². The standard InChI is InChI=1S/C18H28N2O3/c1-4-14-7-6-8-15(5-2)17(14)19-16(22)11-20(3)18(12-21)9-10-23-13-18/h6-8,21H,4-5,9-13H2,1-3H3,(H,19,22)/t18-/m1/s1. The van der Waals surface area contributed by atoms with Crippen LogP contribution in [0.3, 0.4) is 0 Å². The molecule has 5 nitrogen and oxygen atoms in total. The fraction of sp³-hybridized carbons (Fsp3) is 0.611. The van der Waals surface area contributed by atoms with Gasteiger partial charge < -0.3 is 15.2 Å². The summed E-state index contributed by atoms with van der Waals surface area (Å²) in [6.45, 7) is 5.53. The van der Waals surface area contributed by atoms with E-state index < -0.39 is 5.54 Å². The normalized spacial score (nSPS) is 20.9. The van der Waals surface area contributed by atoms with Crippen LogP contribution in [-0.2, 0) is 22.4 Å². The molecule has 0 radical (unpaired) electrons. The van der Waals surface area contributed by atoms with E-state index in [0.717, 1.165) is 36.1 Å².